The summed E-state index contributed by atoms with van der Waals surface area (Å²) in [6.07, 6.45) is 0.780. The maximum Gasteiger partial charge on any atom is 0.216 e. The fourth-order valence-electron chi connectivity index (χ4n) is 2.49. The Balaban J connectivity index is 0.00000364. The molecule has 27 heavy (non-hydrogen) atoms. The summed E-state index contributed by atoms with van der Waals surface area (Å²) in [4.78, 5) is 8.88. The van der Waals surface area contributed by atoms with E-state index in [1.54, 1.807) is 14.2 Å². The first kappa shape index (κ1) is 23.1. The Morgan fingerprint density at radius 1 is 1.19 bits per heavy atom. The highest BCUT2D eigenvalue weighted by Gasteiger charge is 2.07. The Hall–Kier alpha value is -1.97. The largest absolute Gasteiger partial charge is 0.497 e. The van der Waals surface area contributed by atoms with Crippen LogP contribution < -0.4 is 20.1 Å². The van der Waals surface area contributed by atoms with Crippen LogP contribution in [0.1, 0.15) is 29.8 Å². The van der Waals surface area contributed by atoms with Gasteiger partial charge in [-0.1, -0.05) is 0 Å². The molecule has 0 fully saturated rings. The molecule has 0 atom stereocenters. The summed E-state index contributed by atoms with van der Waals surface area (Å²) < 4.78 is 16.3. The number of aryl methyl sites for hydroxylation is 2. The lowest BCUT2D eigenvalue weighted by molar-refractivity contribution is 0.398. The summed E-state index contributed by atoms with van der Waals surface area (Å²) in [6, 6.07) is 5.80. The van der Waals surface area contributed by atoms with Crippen LogP contribution in [0.3, 0.4) is 0 Å². The highest BCUT2D eigenvalue weighted by molar-refractivity contribution is 14.0. The minimum atomic E-state index is 0. The number of nitrogens with zero attached hydrogens (tertiary/aromatic N) is 2. The van der Waals surface area contributed by atoms with Gasteiger partial charge in [-0.15, -0.1) is 24.0 Å². The number of oxazole rings is 1. The Morgan fingerprint density at radius 2 is 1.96 bits per heavy atom. The molecule has 2 aromatic rings. The number of aliphatic imine (C=N–C) groups is 1. The molecular formula is C19H29IN4O3. The van der Waals surface area contributed by atoms with Crippen molar-refractivity contribution < 1.29 is 13.9 Å². The van der Waals surface area contributed by atoms with Crippen molar-refractivity contribution in [2.24, 2.45) is 4.99 Å². The van der Waals surface area contributed by atoms with E-state index >= 15 is 0 Å². The second-order valence-corrected chi connectivity index (χ2v) is 5.80. The molecule has 0 aliphatic rings. The zero-order valence-electron chi connectivity index (χ0n) is 16.6. The molecule has 0 bridgehead atoms. The molecule has 0 amide bonds. The third-order valence-corrected chi connectivity index (χ3v) is 3.96. The predicted octanol–water partition coefficient (Wildman–Crippen LogP) is 3.22. The molecule has 0 unspecified atom stereocenters. The topological polar surface area (TPSA) is 80.9 Å². The standard InChI is InChI=1S/C19H28N4O3.HI/c1-6-20-19(22-12-18-23-13(2)14(3)26-18)21-10-9-15-11-16(24-4)7-8-17(15)25-5;/h7-8,11H,6,9-10,12H2,1-5H3,(H2,20,21,22);1H. The molecule has 1 aromatic heterocycles. The van der Waals surface area contributed by atoms with Crippen molar-refractivity contribution in [1.29, 1.82) is 0 Å². The van der Waals surface area contributed by atoms with Crippen LogP contribution >= 0.6 is 24.0 Å². The number of halogens is 1. The molecule has 0 spiro atoms. The summed E-state index contributed by atoms with van der Waals surface area (Å²) in [6.45, 7) is 7.74. The Bertz CT molecular complexity index is 727. The van der Waals surface area contributed by atoms with Crippen LogP contribution in [0, 0.1) is 13.8 Å². The zero-order valence-corrected chi connectivity index (χ0v) is 18.9. The van der Waals surface area contributed by atoms with Gasteiger partial charge < -0.3 is 24.5 Å². The molecule has 150 valence electrons. The molecule has 7 nitrogen and oxygen atoms in total. The van der Waals surface area contributed by atoms with Crippen molar-refractivity contribution in [3.8, 4) is 11.5 Å². The minimum Gasteiger partial charge on any atom is -0.497 e. The van der Waals surface area contributed by atoms with Gasteiger partial charge in [-0.3, -0.25) is 0 Å². The van der Waals surface area contributed by atoms with Gasteiger partial charge in [-0.2, -0.15) is 0 Å². The number of rotatable bonds is 8. The molecule has 0 saturated heterocycles. The molecule has 1 aromatic carbocycles. The lowest BCUT2D eigenvalue weighted by Crippen LogP contribution is -2.38. The zero-order chi connectivity index (χ0) is 18.9. The van der Waals surface area contributed by atoms with Crippen molar-refractivity contribution in [2.75, 3.05) is 27.3 Å². The molecule has 2 N–H and O–H groups in total. The van der Waals surface area contributed by atoms with E-state index in [0.717, 1.165) is 47.4 Å². The van der Waals surface area contributed by atoms with Gasteiger partial charge in [0, 0.05) is 13.1 Å². The van der Waals surface area contributed by atoms with E-state index in [1.807, 2.05) is 39.0 Å². The van der Waals surface area contributed by atoms with E-state index in [1.165, 1.54) is 0 Å². The molecule has 0 saturated carbocycles. The molecule has 8 heteroatoms. The highest BCUT2D eigenvalue weighted by Crippen LogP contribution is 2.24. The maximum atomic E-state index is 5.57. The van der Waals surface area contributed by atoms with Gasteiger partial charge in [0.15, 0.2) is 5.96 Å². The van der Waals surface area contributed by atoms with Crippen LogP contribution in [0.2, 0.25) is 0 Å². The van der Waals surface area contributed by atoms with Gasteiger partial charge >= 0.3 is 0 Å². The summed E-state index contributed by atoms with van der Waals surface area (Å²) >= 11 is 0. The van der Waals surface area contributed by atoms with E-state index in [9.17, 15) is 0 Å². The average Bonchev–Trinajstić information content (AvgIpc) is 2.97. The van der Waals surface area contributed by atoms with Crippen LogP contribution in [0.4, 0.5) is 0 Å². The molecule has 0 radical (unpaired) electrons. The van der Waals surface area contributed by atoms with Gasteiger partial charge in [0.1, 0.15) is 23.8 Å². The van der Waals surface area contributed by atoms with Gasteiger partial charge in [0.05, 0.1) is 19.9 Å². The Morgan fingerprint density at radius 3 is 2.56 bits per heavy atom. The predicted molar refractivity (Wildman–Crippen MR) is 117 cm³/mol. The number of nitrogens with one attached hydrogen (secondary N) is 2. The van der Waals surface area contributed by atoms with E-state index in [-0.39, 0.29) is 24.0 Å². The van der Waals surface area contributed by atoms with Crippen molar-refractivity contribution in [2.45, 2.75) is 33.7 Å². The average molecular weight is 488 g/mol. The maximum absolute atomic E-state index is 5.57. The SMILES string of the molecule is CCNC(=NCc1nc(C)c(C)o1)NCCc1cc(OC)ccc1OC.I. The molecule has 0 aliphatic heterocycles. The molecule has 1 heterocycles. The Kier molecular flexibility index (Phi) is 9.98. The molecular weight excluding hydrogens is 459 g/mol. The lowest BCUT2D eigenvalue weighted by atomic mass is 10.1. The van der Waals surface area contributed by atoms with Crippen LogP contribution in [-0.4, -0.2) is 38.3 Å². The van der Waals surface area contributed by atoms with Crippen molar-refractivity contribution in [3.63, 3.8) is 0 Å². The summed E-state index contributed by atoms with van der Waals surface area (Å²) in [5.41, 5.74) is 1.98. The summed E-state index contributed by atoms with van der Waals surface area (Å²) in [5, 5.41) is 6.55. The second kappa shape index (κ2) is 11.7. The van der Waals surface area contributed by atoms with E-state index in [4.69, 9.17) is 13.9 Å². The van der Waals surface area contributed by atoms with Crippen LogP contribution in [0.25, 0.3) is 0 Å². The van der Waals surface area contributed by atoms with Crippen molar-refractivity contribution in [3.05, 3.63) is 41.1 Å². The quantitative estimate of drug-likeness (QED) is 0.338. The van der Waals surface area contributed by atoms with Crippen LogP contribution in [-0.2, 0) is 13.0 Å². The fourth-order valence-corrected chi connectivity index (χ4v) is 2.49. The third kappa shape index (κ3) is 6.93. The highest BCUT2D eigenvalue weighted by atomic mass is 127. The number of aromatic nitrogens is 1. The van der Waals surface area contributed by atoms with Crippen LogP contribution in [0.5, 0.6) is 11.5 Å². The molecule has 2 rings (SSSR count). The number of benzene rings is 1. The third-order valence-electron chi connectivity index (χ3n) is 3.96. The molecule has 0 aliphatic carbocycles. The van der Waals surface area contributed by atoms with E-state index < -0.39 is 0 Å². The number of hydrogen-bond acceptors (Lipinski definition) is 5. The van der Waals surface area contributed by atoms with Gasteiger partial charge in [0.2, 0.25) is 5.89 Å². The van der Waals surface area contributed by atoms with E-state index in [0.29, 0.717) is 19.0 Å². The minimum absolute atomic E-state index is 0. The summed E-state index contributed by atoms with van der Waals surface area (Å²) in [7, 11) is 3.33. The smallest absolute Gasteiger partial charge is 0.216 e. The number of methoxy groups -OCH3 is 2. The first-order valence-electron chi connectivity index (χ1n) is 8.73. The number of ether oxygens (including phenoxy) is 2. The van der Waals surface area contributed by atoms with Gasteiger partial charge in [0.25, 0.3) is 0 Å². The van der Waals surface area contributed by atoms with Crippen molar-refractivity contribution >= 4 is 29.9 Å². The normalized spacial score (nSPS) is 10.9. The second-order valence-electron chi connectivity index (χ2n) is 5.80. The number of guanidine groups is 1. The summed E-state index contributed by atoms with van der Waals surface area (Å²) in [5.74, 6) is 3.84. The Labute approximate surface area is 178 Å². The van der Waals surface area contributed by atoms with Gasteiger partial charge in [-0.05, 0) is 51.0 Å². The van der Waals surface area contributed by atoms with E-state index in [2.05, 4.69) is 20.6 Å². The fraction of sp³-hybridized carbons (Fsp3) is 0.474. The van der Waals surface area contributed by atoms with Crippen molar-refractivity contribution in [1.82, 2.24) is 15.6 Å². The first-order valence-corrected chi connectivity index (χ1v) is 8.73. The van der Waals surface area contributed by atoms with Crippen LogP contribution in [0.15, 0.2) is 27.6 Å². The van der Waals surface area contributed by atoms with Gasteiger partial charge in [-0.25, -0.2) is 9.98 Å². The first-order chi connectivity index (χ1) is 12.6. The monoisotopic (exact) mass is 488 g/mol. The number of hydrogen-bond donors (Lipinski definition) is 2. The lowest BCUT2D eigenvalue weighted by Gasteiger charge is -2.13.